The molecular weight excluding hydrogens is 578 g/mol. The molecule has 5 aromatic rings. The number of amides is 2. The highest BCUT2D eigenvalue weighted by Crippen LogP contribution is 2.23. The Bertz CT molecular complexity index is 2050. The molecule has 5 rings (SSSR count). The Hall–Kier alpha value is -5.42. The zero-order valence-electron chi connectivity index (χ0n) is 24.6. The van der Waals surface area contributed by atoms with Gasteiger partial charge in [0.2, 0.25) is 0 Å². The van der Waals surface area contributed by atoms with Crippen LogP contribution in [0.2, 0.25) is 0 Å². The molecule has 0 unspecified atom stereocenters. The van der Waals surface area contributed by atoms with Crippen molar-refractivity contribution < 1.29 is 18.0 Å². The average Bonchev–Trinajstić information content (AvgIpc) is 3.21. The van der Waals surface area contributed by atoms with Crippen LogP contribution in [-0.2, 0) is 17.1 Å². The summed E-state index contributed by atoms with van der Waals surface area (Å²) in [5, 5.41) is 5.44. The summed E-state index contributed by atoms with van der Waals surface area (Å²) in [7, 11) is -2.24. The molecule has 4 aromatic carbocycles. The number of aromatic nitrogens is 2. The Kier molecular flexibility index (Phi) is 8.23. The number of sulfonamides is 1. The van der Waals surface area contributed by atoms with E-state index in [0.717, 1.165) is 5.56 Å². The van der Waals surface area contributed by atoms with E-state index in [1.165, 1.54) is 22.9 Å². The van der Waals surface area contributed by atoms with Gasteiger partial charge in [0.05, 0.1) is 16.3 Å². The van der Waals surface area contributed by atoms with Crippen LogP contribution in [0.4, 0.5) is 17.1 Å². The predicted molar refractivity (Wildman–Crippen MR) is 171 cm³/mol. The van der Waals surface area contributed by atoms with E-state index in [1.807, 2.05) is 25.1 Å². The second kappa shape index (κ2) is 12.1. The van der Waals surface area contributed by atoms with Crippen molar-refractivity contribution in [2.75, 3.05) is 15.4 Å². The van der Waals surface area contributed by atoms with Crippen molar-refractivity contribution in [2.24, 2.45) is 7.05 Å². The van der Waals surface area contributed by atoms with Crippen molar-refractivity contribution in [2.45, 2.75) is 25.7 Å². The fourth-order valence-corrected chi connectivity index (χ4v) is 6.03. The van der Waals surface area contributed by atoms with E-state index >= 15 is 0 Å². The van der Waals surface area contributed by atoms with Gasteiger partial charge >= 0.3 is 0 Å². The van der Waals surface area contributed by atoms with Gasteiger partial charge < -0.3 is 10.6 Å². The highest BCUT2D eigenvalue weighted by atomic mass is 32.2. The first-order chi connectivity index (χ1) is 20.9. The van der Waals surface area contributed by atoms with Gasteiger partial charge in [0, 0.05) is 29.5 Å². The molecule has 1 heterocycles. The molecule has 0 aliphatic carbocycles. The molecule has 1 aromatic heterocycles. The predicted octanol–water partition coefficient (Wildman–Crippen LogP) is 5.41. The number of para-hydroxylation sites is 1. The van der Waals surface area contributed by atoms with Crippen LogP contribution >= 0.6 is 0 Å². The third-order valence-corrected chi connectivity index (χ3v) is 8.74. The number of rotatable bonds is 8. The summed E-state index contributed by atoms with van der Waals surface area (Å²) in [4.78, 5) is 39.5. The van der Waals surface area contributed by atoms with Crippen molar-refractivity contribution >= 4 is 38.9 Å². The molecule has 0 fully saturated rings. The lowest BCUT2D eigenvalue weighted by molar-refractivity contribution is 0.101. The Morgan fingerprint density at radius 3 is 2.07 bits per heavy atom. The molecule has 44 heavy (non-hydrogen) atoms. The van der Waals surface area contributed by atoms with Crippen LogP contribution in [-0.4, -0.2) is 29.6 Å². The van der Waals surface area contributed by atoms with Crippen LogP contribution in [0.1, 0.15) is 37.5 Å². The lowest BCUT2D eigenvalue weighted by Gasteiger charge is -2.13. The average molecular weight is 610 g/mol. The van der Waals surface area contributed by atoms with Crippen molar-refractivity contribution in [3.63, 3.8) is 0 Å². The number of aryl methyl sites for hydroxylation is 2. The van der Waals surface area contributed by atoms with Gasteiger partial charge in [0.1, 0.15) is 5.69 Å². The Morgan fingerprint density at radius 1 is 0.705 bits per heavy atom. The molecule has 0 atom stereocenters. The van der Waals surface area contributed by atoms with Crippen molar-refractivity contribution in [1.82, 2.24) is 9.36 Å². The molecule has 0 radical (unpaired) electrons. The lowest BCUT2D eigenvalue weighted by Crippen LogP contribution is -2.23. The number of hydrogen-bond acceptors (Lipinski definition) is 5. The van der Waals surface area contributed by atoms with Crippen LogP contribution in [0.3, 0.4) is 0 Å². The first kappa shape index (κ1) is 30.1. The topological polar surface area (TPSA) is 131 Å². The molecule has 0 spiro atoms. The quantitative estimate of drug-likeness (QED) is 0.217. The minimum atomic E-state index is -3.97. The normalized spacial score (nSPS) is 11.2. The monoisotopic (exact) mass is 609 g/mol. The van der Waals surface area contributed by atoms with Gasteiger partial charge in [0.25, 0.3) is 27.4 Å². The van der Waals surface area contributed by atoms with Gasteiger partial charge in [-0.1, -0.05) is 48.0 Å². The maximum atomic E-state index is 13.2. The highest BCUT2D eigenvalue weighted by molar-refractivity contribution is 7.92. The van der Waals surface area contributed by atoms with Crippen molar-refractivity contribution in [1.29, 1.82) is 0 Å². The number of nitrogens with zero attached hydrogens (tertiary/aromatic N) is 2. The Balaban J connectivity index is 1.34. The molecule has 0 saturated heterocycles. The second-order valence-corrected chi connectivity index (χ2v) is 12.0. The number of hydrogen-bond donors (Lipinski definition) is 3. The first-order valence-electron chi connectivity index (χ1n) is 13.7. The van der Waals surface area contributed by atoms with E-state index < -0.39 is 21.8 Å². The van der Waals surface area contributed by atoms with E-state index in [1.54, 1.807) is 86.2 Å². The molecule has 2 amide bonds. The largest absolute Gasteiger partial charge is 0.322 e. The fraction of sp³-hybridized carbons (Fsp3) is 0.121. The van der Waals surface area contributed by atoms with Gasteiger partial charge in [-0.3, -0.25) is 23.8 Å². The number of nitrogens with one attached hydrogen (secondary N) is 3. The summed E-state index contributed by atoms with van der Waals surface area (Å²) >= 11 is 0. The smallest absolute Gasteiger partial charge is 0.295 e. The maximum Gasteiger partial charge on any atom is 0.295 e. The number of benzene rings is 4. The minimum Gasteiger partial charge on any atom is -0.322 e. The van der Waals surface area contributed by atoms with Crippen LogP contribution in [0.15, 0.2) is 107 Å². The minimum absolute atomic E-state index is 0.0294. The molecule has 0 aliphatic rings. The molecule has 11 heteroatoms. The van der Waals surface area contributed by atoms with Gasteiger partial charge in [-0.15, -0.1) is 0 Å². The van der Waals surface area contributed by atoms with E-state index in [0.29, 0.717) is 28.3 Å². The number of carbonyl (C=O) groups is 2. The summed E-state index contributed by atoms with van der Waals surface area (Å²) in [6, 6.07) is 26.7. The van der Waals surface area contributed by atoms with Gasteiger partial charge in [0.15, 0.2) is 0 Å². The SMILES string of the molecule is Cc1ccc(NS(=O)(=O)c2cc(C(=O)Nc3cccc(C(=O)Nc4c(C)n(C)n(-c5ccccc5)c4=O)c3)ccc2C)cc1. The third-order valence-electron chi connectivity index (χ3n) is 7.22. The molecule has 0 saturated carbocycles. The Morgan fingerprint density at radius 2 is 1.36 bits per heavy atom. The zero-order valence-corrected chi connectivity index (χ0v) is 25.4. The molecule has 224 valence electrons. The fourth-order valence-electron chi connectivity index (χ4n) is 4.70. The zero-order chi connectivity index (χ0) is 31.6. The molecule has 3 N–H and O–H groups in total. The van der Waals surface area contributed by atoms with Gasteiger partial charge in [-0.05, 0) is 80.9 Å². The van der Waals surface area contributed by atoms with Gasteiger partial charge in [-0.2, -0.15) is 0 Å². The number of anilines is 3. The van der Waals surface area contributed by atoms with Crippen LogP contribution < -0.4 is 20.9 Å². The molecular formula is C33H31N5O5S. The Labute approximate surface area is 255 Å². The van der Waals surface area contributed by atoms with Crippen molar-refractivity contribution in [3.8, 4) is 5.69 Å². The molecule has 10 nitrogen and oxygen atoms in total. The summed E-state index contributed by atoms with van der Waals surface area (Å²) < 4.78 is 32.0. The molecule has 0 bridgehead atoms. The standard InChI is InChI=1S/C33H31N5O5S/c1-21-13-17-26(18-14-21)36-44(42,43)29-20-25(16-15-22(29)2)31(39)34-27-10-8-9-24(19-27)32(40)35-30-23(3)37(4)38(33(30)41)28-11-6-5-7-12-28/h5-20,36H,1-4H3,(H,34,39)(H,35,40). The van der Waals surface area contributed by atoms with Gasteiger partial charge in [-0.25, -0.2) is 13.1 Å². The summed E-state index contributed by atoms with van der Waals surface area (Å²) in [5.41, 5.74) is 3.52. The first-order valence-corrected chi connectivity index (χ1v) is 15.2. The third kappa shape index (κ3) is 6.18. The van der Waals surface area contributed by atoms with Crippen LogP contribution in [0.25, 0.3) is 5.69 Å². The summed E-state index contributed by atoms with van der Waals surface area (Å²) in [5.74, 6) is -1.09. The lowest BCUT2D eigenvalue weighted by atomic mass is 10.1. The number of carbonyl (C=O) groups excluding carboxylic acids is 2. The van der Waals surface area contributed by atoms with Crippen molar-refractivity contribution in [3.05, 3.63) is 135 Å². The van der Waals surface area contributed by atoms with Crippen LogP contribution in [0, 0.1) is 20.8 Å². The van der Waals surface area contributed by atoms with Crippen LogP contribution in [0.5, 0.6) is 0 Å². The van der Waals surface area contributed by atoms with E-state index in [2.05, 4.69) is 15.4 Å². The van der Waals surface area contributed by atoms with E-state index in [9.17, 15) is 22.8 Å². The highest BCUT2D eigenvalue weighted by Gasteiger charge is 2.21. The maximum absolute atomic E-state index is 13.2. The second-order valence-electron chi connectivity index (χ2n) is 10.4. The summed E-state index contributed by atoms with van der Waals surface area (Å²) in [6.07, 6.45) is 0. The van der Waals surface area contributed by atoms with E-state index in [-0.39, 0.29) is 27.3 Å². The van der Waals surface area contributed by atoms with E-state index in [4.69, 9.17) is 0 Å². The summed E-state index contributed by atoms with van der Waals surface area (Å²) in [6.45, 7) is 5.29. The molecule has 0 aliphatic heterocycles.